The summed E-state index contributed by atoms with van der Waals surface area (Å²) in [7, 11) is 1.30. The first kappa shape index (κ1) is 13.3. The molecule has 0 aromatic heterocycles. The van der Waals surface area contributed by atoms with Crippen LogP contribution in [0.2, 0.25) is 0 Å². The molecule has 0 aliphatic heterocycles. The van der Waals surface area contributed by atoms with Gasteiger partial charge in [0.2, 0.25) is 0 Å². The molecule has 1 rings (SSSR count). The number of ether oxygens (including phenoxy) is 1. The van der Waals surface area contributed by atoms with E-state index in [1.165, 1.54) is 19.2 Å². The number of aromatic hydroxyl groups is 2. The van der Waals surface area contributed by atoms with E-state index in [1.54, 1.807) is 19.9 Å². The molecular weight excluding hydrogens is 222 g/mol. The molecule has 0 radical (unpaired) electrons. The number of carbonyl (C=O) groups is 1. The lowest BCUT2D eigenvalue weighted by Gasteiger charge is -2.29. The zero-order chi connectivity index (χ0) is 13.2. The Labute approximate surface area is 99.8 Å². The summed E-state index contributed by atoms with van der Waals surface area (Å²) >= 11 is 0. The molecule has 94 valence electrons. The van der Waals surface area contributed by atoms with Gasteiger partial charge >= 0.3 is 5.97 Å². The lowest BCUT2D eigenvalue weighted by molar-refractivity contribution is -0.152. The highest BCUT2D eigenvalue weighted by Gasteiger charge is 2.36. The maximum atomic E-state index is 11.6. The standard InChI is InChI=1S/C12H17NO4/c1-12(2,11(16)17-3)10(13)7-4-5-8(14)9(15)6-7/h4-6,10,14-15H,13H2,1-3H3/t10-/m1/s1. The molecule has 0 aliphatic rings. The predicted octanol–water partition coefficient (Wildman–Crippen LogP) is 1.30. The molecule has 4 N–H and O–H groups in total. The fourth-order valence-corrected chi connectivity index (χ4v) is 1.54. The number of hydrogen-bond donors (Lipinski definition) is 3. The Morgan fingerprint density at radius 1 is 1.35 bits per heavy atom. The molecule has 0 unspecified atom stereocenters. The molecule has 17 heavy (non-hydrogen) atoms. The minimum Gasteiger partial charge on any atom is -0.504 e. The van der Waals surface area contributed by atoms with E-state index in [-0.39, 0.29) is 11.5 Å². The van der Waals surface area contributed by atoms with E-state index < -0.39 is 17.4 Å². The largest absolute Gasteiger partial charge is 0.504 e. The zero-order valence-electron chi connectivity index (χ0n) is 10.1. The highest BCUT2D eigenvalue weighted by atomic mass is 16.5. The van der Waals surface area contributed by atoms with Crippen LogP contribution in [0.4, 0.5) is 0 Å². The summed E-state index contributed by atoms with van der Waals surface area (Å²) in [5, 5.41) is 18.6. The summed E-state index contributed by atoms with van der Waals surface area (Å²) in [6.07, 6.45) is 0. The highest BCUT2D eigenvalue weighted by Crippen LogP contribution is 2.35. The molecule has 0 fully saturated rings. The molecule has 0 heterocycles. The molecule has 5 heteroatoms. The average molecular weight is 239 g/mol. The summed E-state index contributed by atoms with van der Waals surface area (Å²) in [5.74, 6) is -0.923. The molecule has 1 atom stereocenters. The van der Waals surface area contributed by atoms with Crippen molar-refractivity contribution in [2.75, 3.05) is 7.11 Å². The van der Waals surface area contributed by atoms with Crippen LogP contribution in [0.25, 0.3) is 0 Å². The fourth-order valence-electron chi connectivity index (χ4n) is 1.54. The van der Waals surface area contributed by atoms with Gasteiger partial charge in [-0.05, 0) is 31.5 Å². The third-order valence-corrected chi connectivity index (χ3v) is 2.85. The Kier molecular flexibility index (Phi) is 3.63. The maximum Gasteiger partial charge on any atom is 0.313 e. The fraction of sp³-hybridized carbons (Fsp3) is 0.417. The van der Waals surface area contributed by atoms with Crippen LogP contribution in [0.5, 0.6) is 11.5 Å². The molecule has 0 bridgehead atoms. The van der Waals surface area contributed by atoms with Gasteiger partial charge in [0, 0.05) is 6.04 Å². The van der Waals surface area contributed by atoms with E-state index in [2.05, 4.69) is 4.74 Å². The van der Waals surface area contributed by atoms with Crippen LogP contribution < -0.4 is 5.73 Å². The first-order valence-corrected chi connectivity index (χ1v) is 5.16. The van der Waals surface area contributed by atoms with E-state index in [1.807, 2.05) is 0 Å². The number of nitrogens with two attached hydrogens (primary N) is 1. The van der Waals surface area contributed by atoms with Crippen molar-refractivity contribution >= 4 is 5.97 Å². The Balaban J connectivity index is 3.07. The van der Waals surface area contributed by atoms with E-state index in [9.17, 15) is 15.0 Å². The van der Waals surface area contributed by atoms with Crippen LogP contribution in [-0.2, 0) is 9.53 Å². The molecule has 5 nitrogen and oxygen atoms in total. The summed E-state index contributed by atoms with van der Waals surface area (Å²) in [6, 6.07) is 3.59. The average Bonchev–Trinajstić information content (AvgIpc) is 2.30. The second kappa shape index (κ2) is 4.63. The Morgan fingerprint density at radius 2 is 1.94 bits per heavy atom. The number of benzene rings is 1. The predicted molar refractivity (Wildman–Crippen MR) is 62.5 cm³/mol. The smallest absolute Gasteiger partial charge is 0.313 e. The normalized spacial score (nSPS) is 13.2. The van der Waals surface area contributed by atoms with E-state index >= 15 is 0 Å². The molecule has 0 saturated heterocycles. The number of phenols is 2. The molecule has 0 amide bonds. The van der Waals surface area contributed by atoms with Crippen molar-refractivity contribution in [3.8, 4) is 11.5 Å². The van der Waals surface area contributed by atoms with Crippen molar-refractivity contribution in [2.24, 2.45) is 11.1 Å². The van der Waals surface area contributed by atoms with Crippen molar-refractivity contribution in [2.45, 2.75) is 19.9 Å². The number of rotatable bonds is 3. The Hall–Kier alpha value is -1.75. The molecule has 0 aliphatic carbocycles. The van der Waals surface area contributed by atoms with Crippen molar-refractivity contribution in [1.29, 1.82) is 0 Å². The molecule has 1 aromatic carbocycles. The maximum absolute atomic E-state index is 11.6. The molecule has 1 aromatic rings. The number of esters is 1. The first-order valence-electron chi connectivity index (χ1n) is 5.16. The van der Waals surface area contributed by atoms with Gasteiger partial charge in [0.05, 0.1) is 12.5 Å². The van der Waals surface area contributed by atoms with Crippen LogP contribution >= 0.6 is 0 Å². The topological polar surface area (TPSA) is 92.8 Å². The van der Waals surface area contributed by atoms with Crippen LogP contribution in [0.3, 0.4) is 0 Å². The number of carbonyl (C=O) groups excluding carboxylic acids is 1. The minimum atomic E-state index is -0.918. The van der Waals surface area contributed by atoms with Crippen molar-refractivity contribution in [3.05, 3.63) is 23.8 Å². The van der Waals surface area contributed by atoms with Gasteiger partial charge < -0.3 is 20.7 Å². The van der Waals surface area contributed by atoms with Gasteiger partial charge in [0.1, 0.15) is 0 Å². The highest BCUT2D eigenvalue weighted by molar-refractivity contribution is 5.77. The van der Waals surface area contributed by atoms with Crippen LogP contribution in [0.1, 0.15) is 25.5 Å². The zero-order valence-corrected chi connectivity index (χ0v) is 10.1. The van der Waals surface area contributed by atoms with E-state index in [0.29, 0.717) is 5.56 Å². The summed E-state index contributed by atoms with van der Waals surface area (Å²) in [5.41, 5.74) is 5.61. The number of methoxy groups -OCH3 is 1. The van der Waals surface area contributed by atoms with Gasteiger partial charge in [-0.15, -0.1) is 0 Å². The Bertz CT molecular complexity index is 429. The number of phenolic OH excluding ortho intramolecular Hbond substituents is 2. The SMILES string of the molecule is COC(=O)C(C)(C)[C@H](N)c1ccc(O)c(O)c1. The first-order chi connectivity index (χ1) is 7.80. The lowest BCUT2D eigenvalue weighted by Crippen LogP contribution is -2.37. The van der Waals surface area contributed by atoms with Crippen LogP contribution in [0, 0.1) is 5.41 Å². The van der Waals surface area contributed by atoms with E-state index in [0.717, 1.165) is 0 Å². The Morgan fingerprint density at radius 3 is 2.41 bits per heavy atom. The monoisotopic (exact) mass is 239 g/mol. The van der Waals surface area contributed by atoms with Gasteiger partial charge in [-0.25, -0.2) is 0 Å². The lowest BCUT2D eigenvalue weighted by atomic mass is 9.81. The summed E-state index contributed by atoms with van der Waals surface area (Å²) in [6.45, 7) is 3.32. The third-order valence-electron chi connectivity index (χ3n) is 2.85. The van der Waals surface area contributed by atoms with Gasteiger partial charge in [0.15, 0.2) is 11.5 Å². The molecule has 0 spiro atoms. The van der Waals surface area contributed by atoms with Crippen molar-refractivity contribution in [1.82, 2.24) is 0 Å². The third kappa shape index (κ3) is 2.50. The second-order valence-electron chi connectivity index (χ2n) is 4.44. The molecule has 0 saturated carbocycles. The van der Waals surface area contributed by atoms with Crippen LogP contribution in [0.15, 0.2) is 18.2 Å². The quantitative estimate of drug-likeness (QED) is 0.546. The van der Waals surface area contributed by atoms with Gasteiger partial charge in [-0.1, -0.05) is 6.07 Å². The minimum absolute atomic E-state index is 0.225. The van der Waals surface area contributed by atoms with E-state index in [4.69, 9.17) is 5.73 Å². The summed E-state index contributed by atoms with van der Waals surface area (Å²) in [4.78, 5) is 11.6. The number of hydrogen-bond acceptors (Lipinski definition) is 5. The summed E-state index contributed by atoms with van der Waals surface area (Å²) < 4.78 is 4.68. The second-order valence-corrected chi connectivity index (χ2v) is 4.44. The van der Waals surface area contributed by atoms with Gasteiger partial charge in [-0.2, -0.15) is 0 Å². The molecular formula is C12H17NO4. The van der Waals surface area contributed by atoms with Crippen LogP contribution in [-0.4, -0.2) is 23.3 Å². The van der Waals surface area contributed by atoms with Gasteiger partial charge in [-0.3, -0.25) is 4.79 Å². The van der Waals surface area contributed by atoms with Gasteiger partial charge in [0.25, 0.3) is 0 Å². The van der Waals surface area contributed by atoms with Crippen molar-refractivity contribution < 1.29 is 19.7 Å². The van der Waals surface area contributed by atoms with Crippen molar-refractivity contribution in [3.63, 3.8) is 0 Å².